The predicted molar refractivity (Wildman–Crippen MR) is 84.2 cm³/mol. The lowest BCUT2D eigenvalue weighted by Crippen LogP contribution is -2.33. The minimum absolute atomic E-state index is 0.185. The highest BCUT2D eigenvalue weighted by molar-refractivity contribution is 8.05. The molecule has 1 aromatic carbocycles. The molecule has 118 valence electrons. The van der Waals surface area contributed by atoms with E-state index in [-0.39, 0.29) is 13.2 Å². The highest BCUT2D eigenvalue weighted by atomic mass is 32.2. The number of aryl methyl sites for hydroxylation is 1. The predicted octanol–water partition coefficient (Wildman–Crippen LogP) is 2.79. The van der Waals surface area contributed by atoms with E-state index in [0.717, 1.165) is 5.56 Å². The van der Waals surface area contributed by atoms with E-state index in [0.29, 0.717) is 17.3 Å². The van der Waals surface area contributed by atoms with E-state index >= 15 is 0 Å². The third-order valence-corrected chi connectivity index (χ3v) is 3.80. The van der Waals surface area contributed by atoms with Gasteiger partial charge in [0.1, 0.15) is 16.6 Å². The van der Waals surface area contributed by atoms with Gasteiger partial charge >= 0.3 is 11.9 Å². The number of carbonyl (C=O) groups excluding carboxylic acids is 2. The van der Waals surface area contributed by atoms with Gasteiger partial charge < -0.3 is 9.47 Å². The Morgan fingerprint density at radius 1 is 1.14 bits per heavy atom. The number of rotatable bonds is 7. The molecule has 0 aliphatic rings. The third kappa shape index (κ3) is 4.78. The molecule has 2 atom stereocenters. The monoisotopic (exact) mass is 321 g/mol. The summed E-state index contributed by atoms with van der Waals surface area (Å²) in [5, 5.41) is 9.88. The number of nitriles is 1. The molecule has 0 spiro atoms. The number of hydrogen-bond donors (Lipinski definition) is 0. The van der Waals surface area contributed by atoms with Gasteiger partial charge in [0.05, 0.1) is 13.2 Å². The minimum atomic E-state index is -0.952. The number of thiocyanates is 1. The lowest BCUT2D eigenvalue weighted by molar-refractivity contribution is -0.151. The van der Waals surface area contributed by atoms with Crippen molar-refractivity contribution in [3.05, 3.63) is 35.4 Å². The van der Waals surface area contributed by atoms with Gasteiger partial charge in [-0.15, -0.1) is 0 Å². The second kappa shape index (κ2) is 9.11. The molecule has 0 amide bonds. The number of carbonyl (C=O) groups is 2. The van der Waals surface area contributed by atoms with Gasteiger partial charge in [0.15, 0.2) is 0 Å². The van der Waals surface area contributed by atoms with Crippen molar-refractivity contribution in [2.24, 2.45) is 0 Å². The van der Waals surface area contributed by atoms with Crippen molar-refractivity contribution in [2.45, 2.75) is 31.9 Å². The summed E-state index contributed by atoms with van der Waals surface area (Å²) in [5.74, 6) is -2.00. The highest BCUT2D eigenvalue weighted by Crippen LogP contribution is 2.31. The highest BCUT2D eigenvalue weighted by Gasteiger charge is 2.38. The fraction of sp³-hybridized carbons (Fsp3) is 0.438. The smallest absolute Gasteiger partial charge is 0.321 e. The Morgan fingerprint density at radius 2 is 1.68 bits per heavy atom. The van der Waals surface area contributed by atoms with Crippen LogP contribution in [0.5, 0.6) is 0 Å². The normalized spacial score (nSPS) is 12.8. The van der Waals surface area contributed by atoms with Crippen molar-refractivity contribution in [1.82, 2.24) is 0 Å². The molecule has 6 heteroatoms. The first-order valence-electron chi connectivity index (χ1n) is 6.99. The van der Waals surface area contributed by atoms with Crippen molar-refractivity contribution in [3.63, 3.8) is 0 Å². The first-order valence-corrected chi connectivity index (χ1v) is 7.87. The summed E-state index contributed by atoms with van der Waals surface area (Å²) >= 11 is 0.716. The Bertz CT molecular complexity index is 550. The molecule has 1 rings (SSSR count). The van der Waals surface area contributed by atoms with Gasteiger partial charge in [-0.05, 0) is 38.1 Å². The zero-order valence-electron chi connectivity index (χ0n) is 12.9. The van der Waals surface area contributed by atoms with Crippen LogP contribution in [0.4, 0.5) is 0 Å². The van der Waals surface area contributed by atoms with Gasteiger partial charge in [-0.3, -0.25) is 9.59 Å². The largest absolute Gasteiger partial charge is 0.465 e. The van der Waals surface area contributed by atoms with Crippen LogP contribution >= 0.6 is 11.8 Å². The molecule has 0 aromatic heterocycles. The molecule has 0 heterocycles. The molecule has 5 nitrogen and oxygen atoms in total. The van der Waals surface area contributed by atoms with Crippen LogP contribution in [-0.2, 0) is 19.1 Å². The number of thioether (sulfide) groups is 1. The molecule has 1 aromatic rings. The molecule has 22 heavy (non-hydrogen) atoms. The van der Waals surface area contributed by atoms with Crippen molar-refractivity contribution in [3.8, 4) is 5.40 Å². The summed E-state index contributed by atoms with van der Waals surface area (Å²) < 4.78 is 10.1. The molecule has 0 aliphatic heterocycles. The Morgan fingerprint density at radius 3 is 2.18 bits per heavy atom. The fourth-order valence-corrected chi connectivity index (χ4v) is 2.66. The summed E-state index contributed by atoms with van der Waals surface area (Å²) in [4.78, 5) is 24.4. The lowest BCUT2D eigenvalue weighted by atomic mass is 9.94. The van der Waals surface area contributed by atoms with E-state index < -0.39 is 23.1 Å². The van der Waals surface area contributed by atoms with Crippen LogP contribution in [0.1, 0.15) is 30.9 Å². The van der Waals surface area contributed by atoms with E-state index in [4.69, 9.17) is 14.7 Å². The van der Waals surface area contributed by atoms with Crippen LogP contribution in [0.25, 0.3) is 0 Å². The Hall–Kier alpha value is -2.00. The maximum atomic E-state index is 12.3. The maximum absolute atomic E-state index is 12.3. The topological polar surface area (TPSA) is 76.4 Å². The zero-order chi connectivity index (χ0) is 16.5. The second-order valence-electron chi connectivity index (χ2n) is 4.52. The average molecular weight is 321 g/mol. The number of ether oxygens (including phenoxy) is 2. The van der Waals surface area contributed by atoms with Crippen LogP contribution in [0.15, 0.2) is 24.3 Å². The number of benzene rings is 1. The molecule has 0 aliphatic carbocycles. The Balaban J connectivity index is 3.21. The summed E-state index contributed by atoms with van der Waals surface area (Å²) in [6, 6.07) is 7.23. The standard InChI is InChI=1S/C16H19NO4S/c1-4-20-15(18)13(12-8-6-11(3)7-9-12)14(22-10-17)16(19)21-5-2/h6-9,13-14H,4-5H2,1-3H3/t13-,14-/m0/s1. The molecule has 0 radical (unpaired) electrons. The van der Waals surface area contributed by atoms with Gasteiger partial charge in [0.25, 0.3) is 0 Å². The second-order valence-corrected chi connectivity index (χ2v) is 5.45. The van der Waals surface area contributed by atoms with Crippen LogP contribution in [0.3, 0.4) is 0 Å². The van der Waals surface area contributed by atoms with Crippen LogP contribution in [-0.4, -0.2) is 30.4 Å². The van der Waals surface area contributed by atoms with Gasteiger partial charge in [0, 0.05) is 0 Å². The number of nitrogens with zero attached hydrogens (tertiary/aromatic N) is 1. The zero-order valence-corrected chi connectivity index (χ0v) is 13.7. The van der Waals surface area contributed by atoms with Gasteiger partial charge in [-0.25, -0.2) is 0 Å². The van der Waals surface area contributed by atoms with E-state index in [1.807, 2.05) is 24.5 Å². The molecule has 0 N–H and O–H groups in total. The number of hydrogen-bond acceptors (Lipinski definition) is 6. The first kappa shape index (κ1) is 18.1. The van der Waals surface area contributed by atoms with Gasteiger partial charge in [0.2, 0.25) is 0 Å². The van der Waals surface area contributed by atoms with E-state index in [2.05, 4.69) is 0 Å². The fourth-order valence-electron chi connectivity index (χ4n) is 1.97. The summed E-state index contributed by atoms with van der Waals surface area (Å²) in [5.41, 5.74) is 1.66. The molecule has 0 bridgehead atoms. The Labute approximate surface area is 134 Å². The maximum Gasteiger partial charge on any atom is 0.321 e. The van der Waals surface area contributed by atoms with E-state index in [1.54, 1.807) is 26.0 Å². The van der Waals surface area contributed by atoms with Crippen molar-refractivity contribution in [2.75, 3.05) is 13.2 Å². The number of esters is 2. The van der Waals surface area contributed by atoms with Crippen molar-refractivity contribution < 1.29 is 19.1 Å². The van der Waals surface area contributed by atoms with Crippen molar-refractivity contribution in [1.29, 1.82) is 5.26 Å². The van der Waals surface area contributed by atoms with Gasteiger partial charge in [-0.2, -0.15) is 5.26 Å². The van der Waals surface area contributed by atoms with Crippen molar-refractivity contribution >= 4 is 23.7 Å². The molecule has 0 fully saturated rings. The molecular formula is C16H19NO4S. The van der Waals surface area contributed by atoms with Crippen LogP contribution in [0, 0.1) is 17.6 Å². The molecular weight excluding hydrogens is 302 g/mol. The van der Waals surface area contributed by atoms with Crippen LogP contribution < -0.4 is 0 Å². The average Bonchev–Trinajstić information content (AvgIpc) is 2.49. The SMILES string of the molecule is CCOC(=O)[C@@H](SC#N)[C@@H](C(=O)OCC)c1ccc(C)cc1. The summed E-state index contributed by atoms with van der Waals surface area (Å²) in [7, 11) is 0. The molecule has 0 saturated heterocycles. The van der Waals surface area contributed by atoms with E-state index in [1.165, 1.54) is 0 Å². The Kier molecular flexibility index (Phi) is 7.47. The van der Waals surface area contributed by atoms with Gasteiger partial charge in [-0.1, -0.05) is 29.8 Å². The molecule has 0 saturated carbocycles. The third-order valence-electron chi connectivity index (χ3n) is 2.98. The summed E-state index contributed by atoms with van der Waals surface area (Å²) in [6.07, 6.45) is 0. The van der Waals surface area contributed by atoms with E-state index in [9.17, 15) is 9.59 Å². The minimum Gasteiger partial charge on any atom is -0.465 e. The quantitative estimate of drug-likeness (QED) is 0.568. The molecule has 0 unspecified atom stereocenters. The van der Waals surface area contributed by atoms with Crippen LogP contribution in [0.2, 0.25) is 0 Å². The first-order chi connectivity index (χ1) is 10.5. The lowest BCUT2D eigenvalue weighted by Gasteiger charge is -2.22. The summed E-state index contributed by atoms with van der Waals surface area (Å²) in [6.45, 7) is 5.69.